The van der Waals surface area contributed by atoms with Crippen LogP contribution in [0.4, 0.5) is 0 Å². The highest BCUT2D eigenvalue weighted by molar-refractivity contribution is 5.98. The Bertz CT molecular complexity index is 685. The number of carbonyl (C=O) groups is 3. The van der Waals surface area contributed by atoms with Gasteiger partial charge in [-0.3, -0.25) is 14.4 Å². The van der Waals surface area contributed by atoms with Crippen LogP contribution in [0.1, 0.15) is 72.1 Å². The molecular weight excluding hydrogens is 400 g/mol. The Kier molecular flexibility index (Phi) is 7.63. The van der Waals surface area contributed by atoms with Crippen LogP contribution in [0.15, 0.2) is 0 Å². The zero-order valence-electron chi connectivity index (χ0n) is 19.2. The van der Waals surface area contributed by atoms with Gasteiger partial charge in [-0.1, -0.05) is 19.8 Å². The van der Waals surface area contributed by atoms with E-state index in [9.17, 15) is 14.4 Å². The first-order valence-corrected chi connectivity index (χ1v) is 11.9. The number of likely N-dealkylation sites (tertiary alicyclic amines) is 1. The summed E-state index contributed by atoms with van der Waals surface area (Å²) >= 11 is 0. The van der Waals surface area contributed by atoms with Crippen LogP contribution in [0.5, 0.6) is 0 Å². The van der Waals surface area contributed by atoms with Crippen LogP contribution in [-0.2, 0) is 23.9 Å². The molecule has 176 valence electrons. The summed E-state index contributed by atoms with van der Waals surface area (Å²) in [5.74, 6) is -2.16. The molecule has 2 N–H and O–H groups in total. The molecule has 0 aromatic rings. The van der Waals surface area contributed by atoms with Gasteiger partial charge < -0.3 is 24.8 Å². The van der Waals surface area contributed by atoms with Gasteiger partial charge in [-0.25, -0.2) is 0 Å². The highest BCUT2D eigenvalue weighted by Crippen LogP contribution is 2.63. The summed E-state index contributed by atoms with van der Waals surface area (Å²) in [5, 5.41) is 12.1. The minimum Gasteiger partial charge on any atom is -0.466 e. The number of ether oxygens (including phenoxy) is 2. The number of carbonyl (C=O) groups excluding carboxylic acids is 3. The molecule has 2 bridgehead atoms. The van der Waals surface area contributed by atoms with Crippen LogP contribution in [0, 0.1) is 11.8 Å². The van der Waals surface area contributed by atoms with E-state index in [2.05, 4.69) is 12.2 Å². The zero-order valence-corrected chi connectivity index (χ0v) is 19.2. The molecule has 8 nitrogen and oxygen atoms in total. The van der Waals surface area contributed by atoms with E-state index in [1.165, 1.54) is 0 Å². The molecule has 1 spiro atoms. The molecule has 3 fully saturated rings. The fourth-order valence-electron chi connectivity index (χ4n) is 5.81. The van der Waals surface area contributed by atoms with Crippen molar-refractivity contribution in [2.24, 2.45) is 11.8 Å². The van der Waals surface area contributed by atoms with E-state index in [0.29, 0.717) is 38.8 Å². The lowest BCUT2D eigenvalue weighted by atomic mass is 9.66. The summed E-state index contributed by atoms with van der Waals surface area (Å²) in [6, 6.07) is -0.734. The van der Waals surface area contributed by atoms with Crippen molar-refractivity contribution < 1.29 is 29.0 Å². The van der Waals surface area contributed by atoms with Crippen molar-refractivity contribution in [2.75, 3.05) is 26.3 Å². The van der Waals surface area contributed by atoms with E-state index in [-0.39, 0.29) is 25.0 Å². The number of hydrogen-bond acceptors (Lipinski definition) is 6. The monoisotopic (exact) mass is 438 g/mol. The second kappa shape index (κ2) is 9.86. The smallest absolute Gasteiger partial charge is 0.312 e. The van der Waals surface area contributed by atoms with Crippen molar-refractivity contribution in [2.45, 2.75) is 89.4 Å². The Labute approximate surface area is 185 Å². The molecule has 2 unspecified atom stereocenters. The van der Waals surface area contributed by atoms with Gasteiger partial charge in [-0.2, -0.15) is 0 Å². The number of nitrogens with one attached hydrogen (secondary N) is 1. The minimum absolute atomic E-state index is 0.105. The second-order valence-corrected chi connectivity index (χ2v) is 9.29. The van der Waals surface area contributed by atoms with Crippen LogP contribution in [0.3, 0.4) is 0 Å². The Hall–Kier alpha value is -1.67. The van der Waals surface area contributed by atoms with E-state index in [1.54, 1.807) is 11.8 Å². The maximum atomic E-state index is 13.6. The summed E-state index contributed by atoms with van der Waals surface area (Å²) in [6.07, 6.45) is 6.29. The van der Waals surface area contributed by atoms with Gasteiger partial charge in [-0.15, -0.1) is 0 Å². The minimum atomic E-state index is -0.977. The summed E-state index contributed by atoms with van der Waals surface area (Å²) in [4.78, 5) is 41.4. The molecule has 2 amide bonds. The summed E-state index contributed by atoms with van der Waals surface area (Å²) < 4.78 is 11.8. The predicted octanol–water partition coefficient (Wildman–Crippen LogP) is 1.78. The molecule has 3 aliphatic rings. The number of fused-ring (bicyclic) bond motifs is 1. The molecule has 0 saturated carbocycles. The number of amides is 2. The molecule has 3 heterocycles. The van der Waals surface area contributed by atoms with Gasteiger partial charge in [0.2, 0.25) is 11.8 Å². The normalized spacial score (nSPS) is 33.6. The number of hydrogen-bond donors (Lipinski definition) is 2. The number of aliphatic hydroxyl groups is 1. The van der Waals surface area contributed by atoms with Gasteiger partial charge in [0, 0.05) is 19.7 Å². The quantitative estimate of drug-likeness (QED) is 0.355. The fraction of sp³-hybridized carbons (Fsp3) is 0.870. The van der Waals surface area contributed by atoms with Crippen molar-refractivity contribution >= 4 is 17.8 Å². The lowest BCUT2D eigenvalue weighted by Crippen LogP contribution is -2.55. The van der Waals surface area contributed by atoms with E-state index in [0.717, 1.165) is 25.7 Å². The Morgan fingerprint density at radius 1 is 1.19 bits per heavy atom. The van der Waals surface area contributed by atoms with Gasteiger partial charge >= 0.3 is 5.97 Å². The SMILES string of the molecule is CCCCCNC(=O)C1N(CCCCCO)C(=O)[C@@H]2[C@@H](C(=O)OCC)[C@@]3(C)CCC12O3. The second-order valence-electron chi connectivity index (χ2n) is 9.29. The van der Waals surface area contributed by atoms with E-state index in [1.807, 2.05) is 6.92 Å². The zero-order chi connectivity index (χ0) is 22.6. The number of aliphatic hydroxyl groups excluding tert-OH is 1. The van der Waals surface area contributed by atoms with Crippen molar-refractivity contribution in [3.05, 3.63) is 0 Å². The van der Waals surface area contributed by atoms with E-state index >= 15 is 0 Å². The third kappa shape index (κ3) is 4.21. The van der Waals surface area contributed by atoms with Gasteiger partial charge in [0.25, 0.3) is 0 Å². The third-order valence-corrected chi connectivity index (χ3v) is 7.20. The number of rotatable bonds is 12. The van der Waals surface area contributed by atoms with Gasteiger partial charge in [0.1, 0.15) is 17.6 Å². The first-order valence-electron chi connectivity index (χ1n) is 11.9. The van der Waals surface area contributed by atoms with Gasteiger partial charge in [-0.05, 0) is 52.4 Å². The third-order valence-electron chi connectivity index (χ3n) is 7.20. The topological polar surface area (TPSA) is 105 Å². The predicted molar refractivity (Wildman–Crippen MR) is 114 cm³/mol. The van der Waals surface area contributed by atoms with Crippen molar-refractivity contribution in [3.8, 4) is 0 Å². The molecule has 0 aromatic heterocycles. The molecule has 0 radical (unpaired) electrons. The highest BCUT2D eigenvalue weighted by atomic mass is 16.6. The molecule has 3 saturated heterocycles. The Morgan fingerprint density at radius 2 is 1.97 bits per heavy atom. The number of nitrogens with zero attached hydrogens (tertiary/aromatic N) is 1. The van der Waals surface area contributed by atoms with Crippen LogP contribution in [-0.4, -0.2) is 71.3 Å². The van der Waals surface area contributed by atoms with Crippen LogP contribution in [0.2, 0.25) is 0 Å². The summed E-state index contributed by atoms with van der Waals surface area (Å²) in [6.45, 7) is 7.06. The lowest BCUT2D eigenvalue weighted by Gasteiger charge is -2.33. The molecule has 0 aliphatic carbocycles. The molecule has 3 rings (SSSR count). The summed E-state index contributed by atoms with van der Waals surface area (Å²) in [7, 11) is 0. The first kappa shape index (κ1) is 24.0. The van der Waals surface area contributed by atoms with Crippen LogP contribution in [0.25, 0.3) is 0 Å². The lowest BCUT2D eigenvalue weighted by molar-refractivity contribution is -0.159. The largest absolute Gasteiger partial charge is 0.466 e. The van der Waals surface area contributed by atoms with Crippen molar-refractivity contribution in [3.63, 3.8) is 0 Å². The Balaban J connectivity index is 1.87. The standard InChI is InChI=1S/C23H38N2O6/c1-4-6-8-13-24-19(27)18-23-12-11-22(3,31-23)17(21(29)30-5-2)16(23)20(28)25(18)14-9-7-10-15-26/h16-18,26H,4-15H2,1-3H3,(H,24,27)/t16-,17-,18?,22+,23?/m0/s1. The maximum absolute atomic E-state index is 13.6. The van der Waals surface area contributed by atoms with Crippen LogP contribution < -0.4 is 5.32 Å². The molecule has 0 aromatic carbocycles. The Morgan fingerprint density at radius 3 is 2.65 bits per heavy atom. The number of unbranched alkanes of at least 4 members (excludes halogenated alkanes) is 4. The maximum Gasteiger partial charge on any atom is 0.312 e. The van der Waals surface area contributed by atoms with E-state index in [4.69, 9.17) is 14.6 Å². The van der Waals surface area contributed by atoms with E-state index < -0.39 is 35.0 Å². The summed E-state index contributed by atoms with van der Waals surface area (Å²) in [5.41, 5.74) is -1.76. The van der Waals surface area contributed by atoms with Gasteiger partial charge in [0.15, 0.2) is 0 Å². The first-order chi connectivity index (χ1) is 14.9. The molecule has 31 heavy (non-hydrogen) atoms. The highest BCUT2D eigenvalue weighted by Gasteiger charge is 2.78. The van der Waals surface area contributed by atoms with Gasteiger partial charge in [0.05, 0.1) is 18.1 Å². The number of esters is 1. The average molecular weight is 439 g/mol. The molecule has 3 aliphatic heterocycles. The van der Waals surface area contributed by atoms with Crippen LogP contribution >= 0.6 is 0 Å². The van der Waals surface area contributed by atoms with Crippen molar-refractivity contribution in [1.82, 2.24) is 10.2 Å². The average Bonchev–Trinajstić information content (AvgIpc) is 3.30. The van der Waals surface area contributed by atoms with Crippen molar-refractivity contribution in [1.29, 1.82) is 0 Å². The molecular formula is C23H38N2O6. The fourth-order valence-corrected chi connectivity index (χ4v) is 5.81. The molecule has 8 heteroatoms. The molecule has 5 atom stereocenters.